The van der Waals surface area contributed by atoms with Crippen LogP contribution in [0.2, 0.25) is 0 Å². The van der Waals surface area contributed by atoms with Crippen molar-refractivity contribution in [2.75, 3.05) is 13.7 Å². The molecule has 0 aliphatic carbocycles. The highest BCUT2D eigenvalue weighted by atomic mass is 19.1. The van der Waals surface area contributed by atoms with Crippen LogP contribution in [0.25, 0.3) is 22.3 Å². The Morgan fingerprint density at radius 1 is 1.07 bits per heavy atom. The van der Waals surface area contributed by atoms with Crippen LogP contribution in [0.1, 0.15) is 38.4 Å². The summed E-state index contributed by atoms with van der Waals surface area (Å²) in [4.78, 5) is 20.9. The summed E-state index contributed by atoms with van der Waals surface area (Å²) in [5, 5.41) is 18.4. The van der Waals surface area contributed by atoms with Crippen molar-refractivity contribution in [3.8, 4) is 35.6 Å². The monoisotopic (exact) mass is 560 g/mol. The van der Waals surface area contributed by atoms with E-state index in [4.69, 9.17) is 26.1 Å². The number of terminal acetylenes is 1. The molecule has 5 rings (SSSR count). The molecule has 0 fully saturated rings. The predicted molar refractivity (Wildman–Crippen MR) is 154 cm³/mol. The molecule has 2 aromatic heterocycles. The lowest BCUT2D eigenvalue weighted by Gasteiger charge is -2.12. The molecule has 208 valence electrons. The Morgan fingerprint density at radius 2 is 1.90 bits per heavy atom. The number of aromatic carboxylic acids is 1. The molecule has 5 aromatic rings. The lowest BCUT2D eigenvalue weighted by Crippen LogP contribution is -2.10. The first-order valence-corrected chi connectivity index (χ1v) is 13.0. The van der Waals surface area contributed by atoms with E-state index in [1.54, 1.807) is 31.4 Å². The number of carboxylic acid groups (broad SMARTS) is 1. The van der Waals surface area contributed by atoms with Crippen molar-refractivity contribution in [1.82, 2.24) is 14.5 Å². The highest BCUT2D eigenvalue weighted by Crippen LogP contribution is 2.26. The van der Waals surface area contributed by atoms with E-state index in [9.17, 15) is 14.3 Å². The van der Waals surface area contributed by atoms with E-state index in [0.717, 1.165) is 17.0 Å². The first kappa shape index (κ1) is 28.0. The number of nitriles is 1. The predicted octanol–water partition coefficient (Wildman–Crippen LogP) is 5.60. The summed E-state index contributed by atoms with van der Waals surface area (Å²) in [6.45, 7) is 0.886. The molecule has 0 unspecified atom stereocenters. The number of rotatable bonds is 10. The fraction of sp³-hybridized carbons (Fsp3) is 0.152. The highest BCUT2D eigenvalue weighted by molar-refractivity contribution is 5.92. The molecule has 0 aliphatic rings. The van der Waals surface area contributed by atoms with Crippen molar-refractivity contribution in [2.45, 2.75) is 19.6 Å². The molecule has 0 amide bonds. The van der Waals surface area contributed by atoms with Crippen molar-refractivity contribution in [2.24, 2.45) is 0 Å². The zero-order valence-electron chi connectivity index (χ0n) is 22.7. The number of ether oxygens (including phenoxy) is 2. The number of aromatic nitrogens is 3. The molecule has 0 spiro atoms. The number of methoxy groups -OCH3 is 1. The highest BCUT2D eigenvalue weighted by Gasteiger charge is 2.16. The third-order valence-corrected chi connectivity index (χ3v) is 6.78. The molecule has 1 N–H and O–H groups in total. The molecule has 0 atom stereocenters. The molecular formula is C33H25FN4O4. The SMILES string of the molecule is C#Cc1cc(-c2cccc(OCc3ccc(C#N)cc3F)n2)ccc1Cc1nc2ccc(C(=O)O)cc2n1CCOC. The molecule has 8 nitrogen and oxygen atoms in total. The molecule has 0 bridgehead atoms. The number of carboxylic acids is 1. The summed E-state index contributed by atoms with van der Waals surface area (Å²) >= 11 is 0. The zero-order valence-corrected chi connectivity index (χ0v) is 22.7. The van der Waals surface area contributed by atoms with Crippen LogP contribution in [0.15, 0.2) is 72.8 Å². The first-order chi connectivity index (χ1) is 20.4. The van der Waals surface area contributed by atoms with E-state index in [2.05, 4.69) is 10.9 Å². The smallest absolute Gasteiger partial charge is 0.335 e. The van der Waals surface area contributed by atoms with Gasteiger partial charge >= 0.3 is 5.97 Å². The second kappa shape index (κ2) is 12.3. The van der Waals surface area contributed by atoms with Gasteiger partial charge in [0.1, 0.15) is 18.2 Å². The Labute approximate surface area is 241 Å². The van der Waals surface area contributed by atoms with Gasteiger partial charge in [0.05, 0.1) is 40.5 Å². The standard InChI is InChI=1S/C33H25FN4O4/c1-3-22-16-24(28-5-4-6-32(37-28)42-20-26-8-7-21(19-35)15-27(26)34)10-9-23(22)18-31-36-29-12-11-25(33(39)40)17-30(29)38(31)13-14-41-2/h1,4-12,15-17H,13-14,18,20H2,2H3,(H,39,40). The normalized spacial score (nSPS) is 10.8. The summed E-state index contributed by atoms with van der Waals surface area (Å²) in [6, 6.07) is 22.0. The van der Waals surface area contributed by atoms with Crippen molar-refractivity contribution in [3.63, 3.8) is 0 Å². The second-order valence-corrected chi connectivity index (χ2v) is 9.44. The number of nitrogens with zero attached hydrogens (tertiary/aromatic N) is 4. The third-order valence-electron chi connectivity index (χ3n) is 6.78. The molecular weight excluding hydrogens is 535 g/mol. The average Bonchev–Trinajstić information content (AvgIpc) is 3.35. The summed E-state index contributed by atoms with van der Waals surface area (Å²) in [7, 11) is 1.61. The molecule has 2 heterocycles. The molecule has 9 heteroatoms. The molecule has 3 aromatic carbocycles. The molecule has 0 aliphatic heterocycles. The van der Waals surface area contributed by atoms with Gasteiger partial charge in [-0.05, 0) is 48.0 Å². The topological polar surface area (TPSA) is 110 Å². The maximum Gasteiger partial charge on any atom is 0.335 e. The van der Waals surface area contributed by atoms with E-state index in [1.807, 2.05) is 34.9 Å². The Bertz CT molecular complexity index is 1880. The molecule has 0 saturated heterocycles. The van der Waals surface area contributed by atoms with E-state index < -0.39 is 11.8 Å². The van der Waals surface area contributed by atoms with Crippen molar-refractivity contribution in [1.29, 1.82) is 5.26 Å². The van der Waals surface area contributed by atoms with Gasteiger partial charge in [0.15, 0.2) is 0 Å². The largest absolute Gasteiger partial charge is 0.478 e. The number of hydrogen-bond acceptors (Lipinski definition) is 6. The van der Waals surface area contributed by atoms with Gasteiger partial charge in [-0.25, -0.2) is 19.2 Å². The minimum Gasteiger partial charge on any atom is -0.478 e. The van der Waals surface area contributed by atoms with Crippen LogP contribution in [-0.2, 0) is 24.3 Å². The fourth-order valence-corrected chi connectivity index (χ4v) is 4.61. The lowest BCUT2D eigenvalue weighted by molar-refractivity contribution is 0.0697. The van der Waals surface area contributed by atoms with Gasteiger partial charge in [-0.3, -0.25) is 0 Å². The van der Waals surface area contributed by atoms with Crippen LogP contribution in [0.5, 0.6) is 5.88 Å². The van der Waals surface area contributed by atoms with Crippen LogP contribution in [-0.4, -0.2) is 39.3 Å². The number of pyridine rings is 1. The number of fused-ring (bicyclic) bond motifs is 1. The fourth-order valence-electron chi connectivity index (χ4n) is 4.61. The van der Waals surface area contributed by atoms with Crippen molar-refractivity contribution < 1.29 is 23.8 Å². The number of benzene rings is 3. The average molecular weight is 561 g/mol. The van der Waals surface area contributed by atoms with E-state index in [1.165, 1.54) is 24.3 Å². The van der Waals surface area contributed by atoms with Gasteiger partial charge in [-0.1, -0.05) is 30.2 Å². The zero-order chi connectivity index (χ0) is 29.6. The van der Waals surface area contributed by atoms with Gasteiger partial charge in [-0.15, -0.1) is 6.42 Å². The first-order valence-electron chi connectivity index (χ1n) is 13.0. The number of imidazole rings is 1. The quantitative estimate of drug-likeness (QED) is 0.221. The maximum absolute atomic E-state index is 14.3. The van der Waals surface area contributed by atoms with E-state index >= 15 is 0 Å². The second-order valence-electron chi connectivity index (χ2n) is 9.44. The molecule has 0 saturated carbocycles. The summed E-state index contributed by atoms with van der Waals surface area (Å²) < 4.78 is 27.2. The van der Waals surface area contributed by atoms with Crippen LogP contribution in [0.4, 0.5) is 4.39 Å². The van der Waals surface area contributed by atoms with Crippen molar-refractivity contribution in [3.05, 3.63) is 112 Å². The van der Waals surface area contributed by atoms with Crippen LogP contribution in [0, 0.1) is 29.5 Å². The molecule has 0 radical (unpaired) electrons. The summed E-state index contributed by atoms with van der Waals surface area (Å²) in [5.41, 5.74) is 5.08. The van der Waals surface area contributed by atoms with Crippen molar-refractivity contribution >= 4 is 17.0 Å². The minimum atomic E-state index is -1.01. The summed E-state index contributed by atoms with van der Waals surface area (Å²) in [6.07, 6.45) is 6.34. The van der Waals surface area contributed by atoms with Gasteiger partial charge in [0, 0.05) is 42.8 Å². The summed E-state index contributed by atoms with van der Waals surface area (Å²) in [5.74, 6) is 2.29. The Morgan fingerprint density at radius 3 is 2.64 bits per heavy atom. The van der Waals surface area contributed by atoms with Crippen LogP contribution in [0.3, 0.4) is 0 Å². The van der Waals surface area contributed by atoms with E-state index in [0.29, 0.717) is 53.3 Å². The minimum absolute atomic E-state index is 0.0411. The Kier molecular flexibility index (Phi) is 8.24. The van der Waals surface area contributed by atoms with Crippen LogP contribution >= 0.6 is 0 Å². The number of halogens is 1. The van der Waals surface area contributed by atoms with Gasteiger partial charge in [0.25, 0.3) is 0 Å². The maximum atomic E-state index is 14.3. The van der Waals surface area contributed by atoms with E-state index in [-0.39, 0.29) is 17.7 Å². The van der Waals surface area contributed by atoms with Crippen LogP contribution < -0.4 is 4.74 Å². The third kappa shape index (κ3) is 5.97. The number of carbonyl (C=O) groups is 1. The number of hydrogen-bond donors (Lipinski definition) is 1. The Balaban J connectivity index is 1.40. The van der Waals surface area contributed by atoms with Gasteiger partial charge < -0.3 is 19.1 Å². The van der Waals surface area contributed by atoms with Gasteiger partial charge in [0.2, 0.25) is 5.88 Å². The molecule has 42 heavy (non-hydrogen) atoms. The lowest BCUT2D eigenvalue weighted by atomic mass is 9.99. The Hall–Kier alpha value is -5.51. The van der Waals surface area contributed by atoms with Gasteiger partial charge in [-0.2, -0.15) is 5.26 Å².